The molecular weight excluding hydrogens is 428 g/mol. The van der Waals surface area contributed by atoms with Crippen LogP contribution in [-0.2, 0) is 19.6 Å². The second-order valence-corrected chi connectivity index (χ2v) is 10.9. The summed E-state index contributed by atoms with van der Waals surface area (Å²) in [7, 11) is -0.572. The molecule has 2 rings (SSSR count). The average molecular weight is 469 g/mol. The van der Waals surface area contributed by atoms with Crippen molar-refractivity contribution in [1.82, 2.24) is 9.21 Å². The molecule has 8 heteroatoms. The van der Waals surface area contributed by atoms with Crippen LogP contribution in [0.15, 0.2) is 17.0 Å². The van der Waals surface area contributed by atoms with Gasteiger partial charge in [-0.15, -0.1) is 0 Å². The van der Waals surface area contributed by atoms with Crippen molar-refractivity contribution in [3.05, 3.63) is 23.3 Å². The number of piperidine rings is 1. The van der Waals surface area contributed by atoms with E-state index in [0.717, 1.165) is 25.9 Å². The maximum absolute atomic E-state index is 13.0. The van der Waals surface area contributed by atoms with Gasteiger partial charge in [0, 0.05) is 26.7 Å². The fraction of sp³-hybridized carbons (Fsp3) is 0.708. The summed E-state index contributed by atoms with van der Waals surface area (Å²) in [5.74, 6) is 2.03. The van der Waals surface area contributed by atoms with Gasteiger partial charge in [0.2, 0.25) is 15.9 Å². The summed E-state index contributed by atoms with van der Waals surface area (Å²) in [6, 6.07) is 3.43. The highest BCUT2D eigenvalue weighted by Crippen LogP contribution is 2.29. The van der Waals surface area contributed by atoms with Crippen LogP contribution in [0.4, 0.5) is 0 Å². The van der Waals surface area contributed by atoms with E-state index in [1.54, 1.807) is 33.1 Å². The normalized spacial score (nSPS) is 16.4. The lowest BCUT2D eigenvalue weighted by Gasteiger charge is -2.35. The standard InChI is InChI=1S/C24H40N2O5S/c1-7-8-18(2)21-9-11-26(12-10-21)23(27)17-31-14-13-25(5)32(28,29)24-19(3)15-22(30-6)16-20(24)4/h15-16,18,21H,7-14,17H2,1-6H3. The fourth-order valence-corrected chi connectivity index (χ4v) is 6.12. The number of rotatable bonds is 11. The zero-order valence-corrected chi connectivity index (χ0v) is 21.3. The number of benzene rings is 1. The Morgan fingerprint density at radius 2 is 1.81 bits per heavy atom. The summed E-state index contributed by atoms with van der Waals surface area (Å²) < 4.78 is 38.1. The van der Waals surface area contributed by atoms with E-state index in [1.807, 2.05) is 4.90 Å². The van der Waals surface area contributed by atoms with Crippen molar-refractivity contribution < 1.29 is 22.7 Å². The molecule has 0 radical (unpaired) electrons. The number of aryl methyl sites for hydroxylation is 2. The van der Waals surface area contributed by atoms with E-state index < -0.39 is 10.0 Å². The van der Waals surface area contributed by atoms with Crippen molar-refractivity contribution >= 4 is 15.9 Å². The zero-order valence-electron chi connectivity index (χ0n) is 20.5. The topological polar surface area (TPSA) is 76.2 Å². The Balaban J connectivity index is 1.81. The van der Waals surface area contributed by atoms with Gasteiger partial charge in [0.1, 0.15) is 12.4 Å². The van der Waals surface area contributed by atoms with E-state index in [0.29, 0.717) is 28.7 Å². The maximum Gasteiger partial charge on any atom is 0.248 e. The van der Waals surface area contributed by atoms with Gasteiger partial charge in [-0.2, -0.15) is 4.31 Å². The number of carbonyl (C=O) groups excluding carboxylic acids is 1. The molecule has 1 saturated heterocycles. The van der Waals surface area contributed by atoms with Gasteiger partial charge < -0.3 is 14.4 Å². The zero-order chi connectivity index (χ0) is 23.9. The first-order valence-corrected chi connectivity index (χ1v) is 13.0. The Hall–Kier alpha value is -1.64. The van der Waals surface area contributed by atoms with E-state index in [1.165, 1.54) is 24.2 Å². The van der Waals surface area contributed by atoms with Gasteiger partial charge in [-0.3, -0.25) is 4.79 Å². The predicted octanol–water partition coefficient (Wildman–Crippen LogP) is 3.62. The van der Waals surface area contributed by atoms with Crippen LogP contribution in [0.2, 0.25) is 0 Å². The first kappa shape index (κ1) is 26.6. The van der Waals surface area contributed by atoms with Gasteiger partial charge in [0.15, 0.2) is 0 Å². The molecule has 7 nitrogen and oxygen atoms in total. The van der Waals surface area contributed by atoms with E-state index in [4.69, 9.17) is 9.47 Å². The van der Waals surface area contributed by atoms with Gasteiger partial charge in [0.25, 0.3) is 0 Å². The van der Waals surface area contributed by atoms with Crippen LogP contribution >= 0.6 is 0 Å². The number of ether oxygens (including phenoxy) is 2. The van der Waals surface area contributed by atoms with E-state index in [9.17, 15) is 13.2 Å². The Labute approximate surface area is 194 Å². The SMILES string of the molecule is CCCC(C)C1CCN(C(=O)COCCN(C)S(=O)(=O)c2c(C)cc(OC)cc2C)CC1. The molecule has 1 fully saturated rings. The fourth-order valence-electron chi connectivity index (χ4n) is 4.56. The summed E-state index contributed by atoms with van der Waals surface area (Å²) in [4.78, 5) is 14.6. The summed E-state index contributed by atoms with van der Waals surface area (Å²) in [6.45, 7) is 9.95. The van der Waals surface area contributed by atoms with Crippen molar-refractivity contribution in [3.63, 3.8) is 0 Å². The minimum absolute atomic E-state index is 0.0103. The lowest BCUT2D eigenvalue weighted by atomic mass is 9.83. The number of hydrogen-bond acceptors (Lipinski definition) is 5. The molecule has 1 atom stereocenters. The maximum atomic E-state index is 13.0. The summed E-state index contributed by atoms with van der Waals surface area (Å²) in [5.41, 5.74) is 1.28. The summed E-state index contributed by atoms with van der Waals surface area (Å²) >= 11 is 0. The molecule has 1 unspecified atom stereocenters. The first-order chi connectivity index (χ1) is 15.1. The van der Waals surface area contributed by atoms with Crippen LogP contribution in [-0.4, -0.2) is 70.5 Å². The van der Waals surface area contributed by atoms with Crippen LogP contribution in [0.5, 0.6) is 5.75 Å². The molecule has 32 heavy (non-hydrogen) atoms. The molecule has 1 amide bonds. The molecule has 0 spiro atoms. The number of likely N-dealkylation sites (tertiary alicyclic amines) is 1. The van der Waals surface area contributed by atoms with Crippen molar-refractivity contribution in [2.45, 2.75) is 58.3 Å². The average Bonchev–Trinajstić information content (AvgIpc) is 2.75. The molecule has 0 saturated carbocycles. The van der Waals surface area contributed by atoms with Crippen molar-refractivity contribution in [2.24, 2.45) is 11.8 Å². The third-order valence-corrected chi connectivity index (χ3v) is 8.72. The van der Waals surface area contributed by atoms with Gasteiger partial charge in [0.05, 0.1) is 18.6 Å². The molecule has 1 aliphatic rings. The molecule has 0 bridgehead atoms. The molecule has 0 aliphatic carbocycles. The highest BCUT2D eigenvalue weighted by atomic mass is 32.2. The second kappa shape index (κ2) is 12.0. The van der Waals surface area contributed by atoms with E-state index >= 15 is 0 Å². The molecule has 1 aromatic carbocycles. The largest absolute Gasteiger partial charge is 0.497 e. The molecular formula is C24H40N2O5S. The summed E-state index contributed by atoms with van der Waals surface area (Å²) in [6.07, 6.45) is 4.55. The lowest BCUT2D eigenvalue weighted by Crippen LogP contribution is -2.42. The molecule has 1 aliphatic heterocycles. The number of hydrogen-bond donors (Lipinski definition) is 0. The van der Waals surface area contributed by atoms with Gasteiger partial charge in [-0.25, -0.2) is 8.42 Å². The van der Waals surface area contributed by atoms with E-state index in [2.05, 4.69) is 13.8 Å². The Bertz CT molecular complexity index is 840. The summed E-state index contributed by atoms with van der Waals surface area (Å²) in [5, 5.41) is 0. The van der Waals surface area contributed by atoms with Crippen molar-refractivity contribution in [1.29, 1.82) is 0 Å². The van der Waals surface area contributed by atoms with Crippen LogP contribution < -0.4 is 4.74 Å². The quantitative estimate of drug-likeness (QED) is 0.464. The van der Waals surface area contributed by atoms with Crippen LogP contribution in [0, 0.1) is 25.7 Å². The Morgan fingerprint density at radius 1 is 1.22 bits per heavy atom. The van der Waals surface area contributed by atoms with E-state index in [-0.39, 0.29) is 30.6 Å². The Kier molecular flexibility index (Phi) is 9.98. The van der Waals surface area contributed by atoms with Crippen molar-refractivity contribution in [3.8, 4) is 5.75 Å². The van der Waals surface area contributed by atoms with Gasteiger partial charge in [-0.05, 0) is 61.8 Å². The van der Waals surface area contributed by atoms with Gasteiger partial charge in [-0.1, -0.05) is 26.7 Å². The number of likely N-dealkylation sites (N-methyl/N-ethyl adjacent to an activating group) is 1. The smallest absolute Gasteiger partial charge is 0.248 e. The lowest BCUT2D eigenvalue weighted by molar-refractivity contribution is -0.137. The molecule has 1 aromatic rings. The molecule has 1 heterocycles. The second-order valence-electron chi connectivity index (χ2n) is 8.95. The first-order valence-electron chi connectivity index (χ1n) is 11.6. The third-order valence-electron chi connectivity index (χ3n) is 6.55. The minimum Gasteiger partial charge on any atom is -0.497 e. The number of nitrogens with zero attached hydrogens (tertiary/aromatic N) is 2. The number of methoxy groups -OCH3 is 1. The number of carbonyl (C=O) groups is 1. The number of amides is 1. The van der Waals surface area contributed by atoms with Crippen molar-refractivity contribution in [2.75, 3.05) is 47.0 Å². The third kappa shape index (κ3) is 6.68. The van der Waals surface area contributed by atoms with Crippen LogP contribution in [0.25, 0.3) is 0 Å². The highest BCUT2D eigenvalue weighted by molar-refractivity contribution is 7.89. The minimum atomic E-state index is -3.66. The molecule has 0 N–H and O–H groups in total. The van der Waals surface area contributed by atoms with Crippen LogP contribution in [0.3, 0.4) is 0 Å². The predicted molar refractivity (Wildman–Crippen MR) is 126 cm³/mol. The Morgan fingerprint density at radius 3 is 2.34 bits per heavy atom. The molecule has 182 valence electrons. The van der Waals surface area contributed by atoms with Gasteiger partial charge >= 0.3 is 0 Å². The monoisotopic (exact) mass is 468 g/mol. The van der Waals surface area contributed by atoms with Crippen LogP contribution in [0.1, 0.15) is 50.7 Å². The molecule has 0 aromatic heterocycles. The highest BCUT2D eigenvalue weighted by Gasteiger charge is 2.27. The number of sulfonamides is 1.